The maximum atomic E-state index is 12.6. The average Bonchev–Trinajstić information content (AvgIpc) is 2.61. The van der Waals surface area contributed by atoms with Crippen LogP contribution in [0.4, 0.5) is 0 Å². The Morgan fingerprint density at radius 3 is 2.12 bits per heavy atom. The molecule has 0 spiro atoms. The first-order valence-electron chi connectivity index (χ1n) is 8.71. The molecule has 0 unspecified atom stereocenters. The summed E-state index contributed by atoms with van der Waals surface area (Å²) in [6.45, 7) is 6.85. The lowest BCUT2D eigenvalue weighted by molar-refractivity contribution is 0.0932. The van der Waals surface area contributed by atoms with E-state index in [1.807, 2.05) is 43.3 Å². The molecule has 0 aromatic heterocycles. The molecule has 1 amide bonds. The van der Waals surface area contributed by atoms with Crippen molar-refractivity contribution in [2.24, 2.45) is 5.92 Å². The fraction of sp³-hybridized carbons (Fsp3) is 0.381. The van der Waals surface area contributed by atoms with Crippen LogP contribution in [0.2, 0.25) is 0 Å². The van der Waals surface area contributed by atoms with Gasteiger partial charge in [0.2, 0.25) is 0 Å². The summed E-state index contributed by atoms with van der Waals surface area (Å²) in [5, 5.41) is 3.15. The van der Waals surface area contributed by atoms with Gasteiger partial charge in [0.25, 0.3) is 5.91 Å². The van der Waals surface area contributed by atoms with Gasteiger partial charge in [-0.2, -0.15) is 0 Å². The molecule has 0 saturated carbocycles. The van der Waals surface area contributed by atoms with Crippen LogP contribution in [0.5, 0.6) is 11.5 Å². The molecule has 0 saturated heterocycles. The van der Waals surface area contributed by atoms with Gasteiger partial charge < -0.3 is 14.8 Å². The normalized spacial score (nSPS) is 11.9. The molecule has 0 fully saturated rings. The largest absolute Gasteiger partial charge is 0.497 e. The first-order valence-corrected chi connectivity index (χ1v) is 8.71. The van der Waals surface area contributed by atoms with Gasteiger partial charge in [-0.25, -0.2) is 0 Å². The highest BCUT2D eigenvalue weighted by molar-refractivity contribution is 5.94. The minimum absolute atomic E-state index is 0.0371. The molecule has 134 valence electrons. The Bertz CT molecular complexity index is 663. The van der Waals surface area contributed by atoms with Crippen molar-refractivity contribution in [2.75, 3.05) is 13.7 Å². The van der Waals surface area contributed by atoms with Crippen molar-refractivity contribution in [2.45, 2.75) is 33.2 Å². The number of carbonyl (C=O) groups is 1. The molecule has 0 bridgehead atoms. The molecule has 4 heteroatoms. The van der Waals surface area contributed by atoms with E-state index < -0.39 is 0 Å². The van der Waals surface area contributed by atoms with Gasteiger partial charge in [-0.1, -0.05) is 26.0 Å². The van der Waals surface area contributed by atoms with E-state index in [4.69, 9.17) is 9.47 Å². The van der Waals surface area contributed by atoms with Gasteiger partial charge in [-0.05, 0) is 61.2 Å². The summed E-state index contributed by atoms with van der Waals surface area (Å²) < 4.78 is 10.6. The third kappa shape index (κ3) is 5.52. The number of carbonyl (C=O) groups excluding carboxylic acids is 1. The second-order valence-corrected chi connectivity index (χ2v) is 6.39. The first-order chi connectivity index (χ1) is 12.0. The van der Waals surface area contributed by atoms with Gasteiger partial charge in [-0.3, -0.25) is 4.79 Å². The average molecular weight is 341 g/mol. The third-order valence-corrected chi connectivity index (χ3v) is 3.96. The summed E-state index contributed by atoms with van der Waals surface area (Å²) in [7, 11) is 1.65. The predicted octanol–water partition coefficient (Wildman–Crippen LogP) is 4.61. The summed E-state index contributed by atoms with van der Waals surface area (Å²) in [6.07, 6.45) is 0.870. The number of benzene rings is 2. The molecule has 4 nitrogen and oxygen atoms in total. The van der Waals surface area contributed by atoms with Crippen molar-refractivity contribution in [1.82, 2.24) is 5.32 Å². The van der Waals surface area contributed by atoms with E-state index in [1.165, 1.54) is 0 Å². The van der Waals surface area contributed by atoms with E-state index in [-0.39, 0.29) is 11.9 Å². The number of methoxy groups -OCH3 is 1. The molecule has 0 radical (unpaired) electrons. The van der Waals surface area contributed by atoms with E-state index in [9.17, 15) is 4.79 Å². The lowest BCUT2D eigenvalue weighted by atomic mass is 9.96. The molecule has 2 rings (SSSR count). The van der Waals surface area contributed by atoms with Crippen LogP contribution < -0.4 is 14.8 Å². The summed E-state index contributed by atoms with van der Waals surface area (Å²) in [6, 6.07) is 15.0. The van der Waals surface area contributed by atoms with E-state index in [1.54, 1.807) is 19.2 Å². The molecule has 1 N–H and O–H groups in total. The molecule has 0 aliphatic rings. The van der Waals surface area contributed by atoms with Gasteiger partial charge in [0.15, 0.2) is 0 Å². The zero-order chi connectivity index (χ0) is 18.2. The molecular weight excluding hydrogens is 314 g/mol. The Balaban J connectivity index is 2.13. The second kappa shape index (κ2) is 9.11. The fourth-order valence-electron chi connectivity index (χ4n) is 2.70. The molecule has 0 heterocycles. The lowest BCUT2D eigenvalue weighted by Crippen LogP contribution is -2.29. The highest BCUT2D eigenvalue weighted by Gasteiger charge is 2.17. The number of nitrogens with one attached hydrogen (secondary N) is 1. The molecule has 2 aromatic carbocycles. The fourth-order valence-corrected chi connectivity index (χ4v) is 2.70. The molecule has 1 atom stereocenters. The highest BCUT2D eigenvalue weighted by atomic mass is 16.5. The van der Waals surface area contributed by atoms with Crippen LogP contribution in [-0.4, -0.2) is 19.6 Å². The summed E-state index contributed by atoms with van der Waals surface area (Å²) >= 11 is 0. The number of rotatable bonds is 8. The van der Waals surface area contributed by atoms with E-state index in [0.29, 0.717) is 18.1 Å². The van der Waals surface area contributed by atoms with Crippen LogP contribution >= 0.6 is 0 Å². The number of amides is 1. The van der Waals surface area contributed by atoms with Crippen LogP contribution in [0.3, 0.4) is 0 Å². The Labute approximate surface area is 150 Å². The van der Waals surface area contributed by atoms with E-state index >= 15 is 0 Å². The number of hydrogen-bond acceptors (Lipinski definition) is 3. The Kier molecular flexibility index (Phi) is 6.87. The van der Waals surface area contributed by atoms with Crippen molar-refractivity contribution >= 4 is 5.91 Å². The molecule has 2 aromatic rings. The summed E-state index contributed by atoms with van der Waals surface area (Å²) in [5.74, 6) is 1.97. The molecular formula is C21H27NO3. The van der Waals surface area contributed by atoms with Crippen LogP contribution in [-0.2, 0) is 0 Å². The number of hydrogen-bond donors (Lipinski definition) is 1. The monoisotopic (exact) mass is 341 g/mol. The van der Waals surface area contributed by atoms with Gasteiger partial charge in [-0.15, -0.1) is 0 Å². The van der Waals surface area contributed by atoms with Gasteiger partial charge in [0.05, 0.1) is 19.8 Å². The minimum atomic E-state index is -0.0792. The molecule has 0 aliphatic heterocycles. The quantitative estimate of drug-likeness (QED) is 0.762. The minimum Gasteiger partial charge on any atom is -0.497 e. The zero-order valence-corrected chi connectivity index (χ0v) is 15.4. The maximum Gasteiger partial charge on any atom is 0.251 e. The number of ether oxygens (including phenoxy) is 2. The van der Waals surface area contributed by atoms with Crippen molar-refractivity contribution in [3.8, 4) is 11.5 Å². The standard InChI is InChI=1S/C21H27NO3/c1-5-25-19-12-8-17(9-13-19)21(23)22-20(14-15(2)3)16-6-10-18(24-4)11-7-16/h6-13,15,20H,5,14H2,1-4H3,(H,22,23)/t20-/m1/s1. The smallest absolute Gasteiger partial charge is 0.251 e. The predicted molar refractivity (Wildman–Crippen MR) is 100 cm³/mol. The van der Waals surface area contributed by atoms with Crippen LogP contribution in [0.25, 0.3) is 0 Å². The highest BCUT2D eigenvalue weighted by Crippen LogP contribution is 2.24. The summed E-state index contributed by atoms with van der Waals surface area (Å²) in [5.41, 5.74) is 1.71. The van der Waals surface area contributed by atoms with Crippen LogP contribution in [0, 0.1) is 5.92 Å². The Morgan fingerprint density at radius 2 is 1.60 bits per heavy atom. The topological polar surface area (TPSA) is 47.6 Å². The SMILES string of the molecule is CCOc1ccc(C(=O)N[C@H](CC(C)C)c2ccc(OC)cc2)cc1. The summed E-state index contributed by atoms with van der Waals surface area (Å²) in [4.78, 5) is 12.6. The Hall–Kier alpha value is -2.49. The Morgan fingerprint density at radius 1 is 1.00 bits per heavy atom. The first kappa shape index (κ1) is 18.8. The van der Waals surface area contributed by atoms with Crippen LogP contribution in [0.15, 0.2) is 48.5 Å². The maximum absolute atomic E-state index is 12.6. The van der Waals surface area contributed by atoms with Crippen molar-refractivity contribution in [3.63, 3.8) is 0 Å². The van der Waals surface area contributed by atoms with Gasteiger partial charge in [0, 0.05) is 5.56 Å². The molecule has 25 heavy (non-hydrogen) atoms. The van der Waals surface area contributed by atoms with Crippen molar-refractivity contribution in [3.05, 3.63) is 59.7 Å². The lowest BCUT2D eigenvalue weighted by Gasteiger charge is -2.21. The third-order valence-electron chi connectivity index (χ3n) is 3.96. The van der Waals surface area contributed by atoms with Gasteiger partial charge >= 0.3 is 0 Å². The van der Waals surface area contributed by atoms with E-state index in [2.05, 4.69) is 19.2 Å². The zero-order valence-electron chi connectivity index (χ0n) is 15.4. The molecule has 0 aliphatic carbocycles. The van der Waals surface area contributed by atoms with Crippen molar-refractivity contribution < 1.29 is 14.3 Å². The second-order valence-electron chi connectivity index (χ2n) is 6.39. The van der Waals surface area contributed by atoms with E-state index in [0.717, 1.165) is 23.5 Å². The van der Waals surface area contributed by atoms with Gasteiger partial charge in [0.1, 0.15) is 11.5 Å². The van der Waals surface area contributed by atoms with Crippen molar-refractivity contribution in [1.29, 1.82) is 0 Å². The van der Waals surface area contributed by atoms with Crippen LogP contribution in [0.1, 0.15) is 49.2 Å².